The SMILES string of the molecule is Cc1ccc(C2=Cc3c(cc(C)c(C)c3-c3ccc(C(C)(C)C)cc3)C2C[SiH](CC2C(c3ccc(C)o3)=Cc3c2cc(C)c(C)c3-c2ccc(C(C)(C)C)cc2)[Zr]([Cl])[Cl])o1. The zero-order chi connectivity index (χ0) is 43.0. The fourth-order valence-electron chi connectivity index (χ4n) is 9.69. The van der Waals surface area contributed by atoms with Crippen molar-refractivity contribution in [3.63, 3.8) is 0 Å². The van der Waals surface area contributed by atoms with Crippen LogP contribution in [0, 0.1) is 41.5 Å². The van der Waals surface area contributed by atoms with E-state index in [-0.39, 0.29) is 22.7 Å². The Morgan fingerprint density at radius 3 is 1.20 bits per heavy atom. The molecule has 0 saturated carbocycles. The molecule has 2 aromatic heterocycles. The predicted molar refractivity (Wildman–Crippen MR) is 257 cm³/mol. The van der Waals surface area contributed by atoms with E-state index in [9.17, 15) is 0 Å². The van der Waals surface area contributed by atoms with Crippen LogP contribution in [0.1, 0.15) is 132 Å². The van der Waals surface area contributed by atoms with Crippen LogP contribution in [0.25, 0.3) is 45.6 Å². The molecular weight excluding hydrogens is 871 g/mol. The number of fused-ring (bicyclic) bond motifs is 2. The first kappa shape index (κ1) is 43.3. The first-order valence-electron chi connectivity index (χ1n) is 21.5. The van der Waals surface area contributed by atoms with Gasteiger partial charge in [0.25, 0.3) is 0 Å². The van der Waals surface area contributed by atoms with Gasteiger partial charge in [0.05, 0.1) is 0 Å². The summed E-state index contributed by atoms with van der Waals surface area (Å²) in [7, 11) is 14.9. The van der Waals surface area contributed by atoms with Gasteiger partial charge in [0.2, 0.25) is 0 Å². The Kier molecular flexibility index (Phi) is 11.8. The Balaban J connectivity index is 1.23. The first-order valence-corrected chi connectivity index (χ1v) is 34.3. The zero-order valence-electron chi connectivity index (χ0n) is 37.5. The zero-order valence-corrected chi connectivity index (χ0v) is 42.6. The summed E-state index contributed by atoms with van der Waals surface area (Å²) in [5.41, 5.74) is 21.2. The maximum absolute atomic E-state index is 7.46. The van der Waals surface area contributed by atoms with E-state index in [1.54, 1.807) is 0 Å². The Hall–Kier alpha value is -3.40. The van der Waals surface area contributed by atoms with Crippen molar-refractivity contribution in [3.05, 3.63) is 164 Å². The van der Waals surface area contributed by atoms with Crippen molar-refractivity contribution in [1.82, 2.24) is 0 Å². The average molecular weight is 930 g/mol. The minimum absolute atomic E-state index is 0.0870. The molecule has 0 fully saturated rings. The number of halogens is 2. The summed E-state index contributed by atoms with van der Waals surface area (Å²) in [6.07, 6.45) is 4.86. The second-order valence-electron chi connectivity index (χ2n) is 19.6. The fourth-order valence-corrected chi connectivity index (χ4v) is 24.8. The third-order valence-corrected chi connectivity index (χ3v) is 35.1. The van der Waals surface area contributed by atoms with Crippen LogP contribution in [0.4, 0.5) is 0 Å². The molecule has 0 saturated heterocycles. The van der Waals surface area contributed by atoms with Crippen LogP contribution in [0.2, 0.25) is 12.1 Å². The molecule has 2 atom stereocenters. The van der Waals surface area contributed by atoms with Crippen LogP contribution in [0.15, 0.2) is 93.8 Å². The molecule has 2 heterocycles. The second-order valence-corrected chi connectivity index (χ2v) is 43.1. The molecule has 0 amide bonds. The molecule has 2 aliphatic carbocycles. The molecular formula is C54H59Cl2O2SiZr. The number of furan rings is 2. The van der Waals surface area contributed by atoms with Crippen molar-refractivity contribution >= 4 is 46.2 Å². The fraction of sp³-hybridized carbons (Fsp3) is 0.333. The van der Waals surface area contributed by atoms with E-state index in [0.717, 1.165) is 35.1 Å². The third kappa shape index (κ3) is 8.17. The monoisotopic (exact) mass is 927 g/mol. The van der Waals surface area contributed by atoms with E-state index in [1.165, 1.54) is 89.0 Å². The summed E-state index contributed by atoms with van der Waals surface area (Å²) in [4.78, 5) is 0. The van der Waals surface area contributed by atoms with Gasteiger partial charge in [0, 0.05) is 0 Å². The molecule has 2 unspecified atom stereocenters. The normalized spacial score (nSPS) is 16.8. The summed E-state index contributed by atoms with van der Waals surface area (Å²) in [5.74, 6) is 2.28. The van der Waals surface area contributed by atoms with Gasteiger partial charge in [-0.1, -0.05) is 0 Å². The molecule has 6 heteroatoms. The van der Waals surface area contributed by atoms with Gasteiger partial charge in [-0.2, -0.15) is 0 Å². The van der Waals surface area contributed by atoms with E-state index < -0.39 is 24.4 Å². The number of allylic oxidation sites excluding steroid dienone is 2. The second kappa shape index (κ2) is 16.4. The van der Waals surface area contributed by atoms with Crippen LogP contribution in [0.3, 0.4) is 0 Å². The number of hydrogen-bond donors (Lipinski definition) is 0. The number of hydrogen-bond acceptors (Lipinski definition) is 2. The first-order chi connectivity index (χ1) is 28.3. The Morgan fingerprint density at radius 1 is 0.533 bits per heavy atom. The molecule has 0 bridgehead atoms. The van der Waals surface area contributed by atoms with Gasteiger partial charge in [-0.25, -0.2) is 0 Å². The summed E-state index contributed by atoms with van der Waals surface area (Å²) in [6, 6.07) is 33.9. The standard InChI is InChI=1S/C54H59O2Si.2ClH.Zr/c1-31-25-41-45(51(35(31)5)37-15-19-39(20-16-37)53(7,8)9)27-43(49-23-13-33(3)55-49)47(41)29-57-30-48-42-26-32(2)36(6)52(38-17-21-40(22-18-38)54(10,11)12)46(42)28-44(48)50-24-14-34(4)56-50;;;/h13-28,47-48,57H,29-30H2,1-12H3;2*1H;/q;;;+2/p-2. The summed E-state index contributed by atoms with van der Waals surface area (Å²) >= 11 is -2.82. The number of benzene rings is 4. The Bertz CT molecular complexity index is 2480. The van der Waals surface area contributed by atoms with Crippen LogP contribution >= 0.6 is 17.0 Å². The van der Waals surface area contributed by atoms with Crippen LogP contribution in [0.5, 0.6) is 0 Å². The molecule has 60 heavy (non-hydrogen) atoms. The van der Waals surface area contributed by atoms with Gasteiger partial charge in [-0.3, -0.25) is 0 Å². The topological polar surface area (TPSA) is 26.3 Å². The van der Waals surface area contributed by atoms with Crippen LogP contribution in [-0.4, -0.2) is 5.92 Å². The number of aryl methyl sites for hydroxylation is 4. The van der Waals surface area contributed by atoms with Gasteiger partial charge in [-0.15, -0.1) is 0 Å². The molecule has 0 radical (unpaired) electrons. The van der Waals surface area contributed by atoms with E-state index in [2.05, 4.69) is 166 Å². The minimum atomic E-state index is -2.82. The van der Waals surface area contributed by atoms with Gasteiger partial charge < -0.3 is 0 Å². The van der Waals surface area contributed by atoms with E-state index in [1.807, 2.05) is 13.8 Å². The molecule has 2 nitrogen and oxygen atoms in total. The summed E-state index contributed by atoms with van der Waals surface area (Å²) in [6.45, 7) is 26.8. The molecule has 0 aliphatic heterocycles. The van der Waals surface area contributed by atoms with E-state index in [0.29, 0.717) is 0 Å². The van der Waals surface area contributed by atoms with Crippen molar-refractivity contribution in [2.24, 2.45) is 0 Å². The maximum atomic E-state index is 7.46. The summed E-state index contributed by atoms with van der Waals surface area (Å²) < 4.78 is 12.9. The van der Waals surface area contributed by atoms with Crippen molar-refractivity contribution in [1.29, 1.82) is 0 Å². The van der Waals surface area contributed by atoms with Gasteiger partial charge in [0.1, 0.15) is 0 Å². The van der Waals surface area contributed by atoms with Gasteiger partial charge in [-0.05, 0) is 0 Å². The molecule has 309 valence electrons. The molecule has 0 N–H and O–H groups in total. The number of rotatable bonds is 9. The summed E-state index contributed by atoms with van der Waals surface area (Å²) in [5, 5.41) is 0. The quantitative estimate of drug-likeness (QED) is 0.135. The average Bonchev–Trinajstić information content (AvgIpc) is 3.98. The van der Waals surface area contributed by atoms with E-state index >= 15 is 0 Å². The van der Waals surface area contributed by atoms with E-state index in [4.69, 9.17) is 25.9 Å². The van der Waals surface area contributed by atoms with Crippen molar-refractivity contribution in [2.45, 2.75) is 118 Å². The molecule has 0 spiro atoms. The van der Waals surface area contributed by atoms with Crippen molar-refractivity contribution in [3.8, 4) is 22.3 Å². The molecule has 2 aliphatic rings. The third-order valence-electron chi connectivity index (χ3n) is 13.4. The van der Waals surface area contributed by atoms with Crippen LogP contribution < -0.4 is 0 Å². The molecule has 4 aromatic carbocycles. The Labute approximate surface area is 374 Å². The van der Waals surface area contributed by atoms with Crippen molar-refractivity contribution < 1.29 is 27.4 Å². The van der Waals surface area contributed by atoms with Gasteiger partial charge in [0.15, 0.2) is 0 Å². The molecule has 6 aromatic rings. The Morgan fingerprint density at radius 2 is 0.900 bits per heavy atom. The van der Waals surface area contributed by atoms with Crippen LogP contribution in [-0.2, 0) is 29.4 Å². The molecule has 8 rings (SSSR count). The van der Waals surface area contributed by atoms with Gasteiger partial charge >= 0.3 is 377 Å². The van der Waals surface area contributed by atoms with Crippen molar-refractivity contribution in [2.75, 3.05) is 0 Å². The predicted octanol–water partition coefficient (Wildman–Crippen LogP) is 16.3.